The molecule has 0 aromatic heterocycles. The van der Waals surface area contributed by atoms with Crippen LogP contribution in [0.25, 0.3) is 0 Å². The van der Waals surface area contributed by atoms with E-state index in [2.05, 4.69) is 16.4 Å². The minimum atomic E-state index is -0.730. The number of nitrogens with zero attached hydrogens (tertiary/aromatic N) is 2. The predicted molar refractivity (Wildman–Crippen MR) is 67.2 cm³/mol. The molecule has 0 rings (SSSR count). The zero-order valence-electron chi connectivity index (χ0n) is 9.72. The first-order chi connectivity index (χ1) is 7.63. The molecule has 0 N–H and O–H groups in total. The molecule has 0 aliphatic carbocycles. The Bertz CT molecular complexity index is 256. The van der Waals surface area contributed by atoms with Crippen LogP contribution in [-0.2, 0) is 4.84 Å². The molecule has 0 saturated heterocycles. The monoisotopic (exact) mass is 246 g/mol. The van der Waals surface area contributed by atoms with Crippen LogP contribution in [0.15, 0.2) is 17.8 Å². The fourth-order valence-corrected chi connectivity index (χ4v) is 1.76. The molecule has 0 spiro atoms. The maximum atomic E-state index is 10.3. The zero-order valence-corrected chi connectivity index (χ0v) is 10.5. The van der Waals surface area contributed by atoms with Crippen molar-refractivity contribution in [3.05, 3.63) is 22.9 Å². The Balaban J connectivity index is 4.32. The lowest BCUT2D eigenvalue weighted by atomic mass is 10.1. The summed E-state index contributed by atoms with van der Waals surface area (Å²) >= 11 is 1.46. The predicted octanol–water partition coefficient (Wildman–Crippen LogP) is 3.05. The Morgan fingerprint density at radius 3 is 2.88 bits per heavy atom. The standard InChI is InChI=1S/C10H18N2O3S/c1-4-6-7-9(15-12(13)14)8-10(16-3)11-5-2/h5,9H,2,4,6-8H2,1,3H3. The van der Waals surface area contributed by atoms with Crippen molar-refractivity contribution in [2.24, 2.45) is 4.99 Å². The summed E-state index contributed by atoms with van der Waals surface area (Å²) in [6.45, 7) is 5.54. The molecule has 1 unspecified atom stereocenters. The van der Waals surface area contributed by atoms with E-state index in [1.54, 1.807) is 0 Å². The second-order valence-electron chi connectivity index (χ2n) is 3.21. The van der Waals surface area contributed by atoms with Crippen LogP contribution in [0.5, 0.6) is 0 Å². The van der Waals surface area contributed by atoms with Crippen LogP contribution in [0, 0.1) is 10.1 Å². The maximum absolute atomic E-state index is 10.3. The topological polar surface area (TPSA) is 64.7 Å². The van der Waals surface area contributed by atoms with Crippen molar-refractivity contribution in [3.8, 4) is 0 Å². The second-order valence-corrected chi connectivity index (χ2v) is 4.09. The van der Waals surface area contributed by atoms with E-state index in [1.165, 1.54) is 18.0 Å². The molecule has 0 radical (unpaired) electrons. The number of rotatable bonds is 8. The molecular weight excluding hydrogens is 228 g/mol. The van der Waals surface area contributed by atoms with Gasteiger partial charge in [0.05, 0.1) is 5.04 Å². The molecule has 0 saturated carbocycles. The lowest BCUT2D eigenvalue weighted by molar-refractivity contribution is -0.768. The first-order valence-electron chi connectivity index (χ1n) is 5.16. The first kappa shape index (κ1) is 15.0. The van der Waals surface area contributed by atoms with E-state index < -0.39 is 11.2 Å². The van der Waals surface area contributed by atoms with E-state index in [4.69, 9.17) is 0 Å². The highest BCUT2D eigenvalue weighted by Crippen LogP contribution is 2.14. The molecule has 5 nitrogen and oxygen atoms in total. The molecule has 1 atom stereocenters. The van der Waals surface area contributed by atoms with Gasteiger partial charge in [-0.2, -0.15) is 0 Å². The average molecular weight is 246 g/mol. The van der Waals surface area contributed by atoms with Gasteiger partial charge < -0.3 is 4.84 Å². The van der Waals surface area contributed by atoms with Crippen LogP contribution in [0.4, 0.5) is 0 Å². The fraction of sp³-hybridized carbons (Fsp3) is 0.700. The fourth-order valence-electron chi connectivity index (χ4n) is 1.23. The van der Waals surface area contributed by atoms with E-state index >= 15 is 0 Å². The highest BCUT2D eigenvalue weighted by Gasteiger charge is 2.15. The summed E-state index contributed by atoms with van der Waals surface area (Å²) < 4.78 is 0. The van der Waals surface area contributed by atoms with Crippen molar-refractivity contribution < 1.29 is 9.92 Å². The van der Waals surface area contributed by atoms with Crippen LogP contribution in [0.3, 0.4) is 0 Å². The number of unbranched alkanes of at least 4 members (excludes halogenated alkanes) is 1. The van der Waals surface area contributed by atoms with Gasteiger partial charge in [-0.1, -0.05) is 26.3 Å². The van der Waals surface area contributed by atoms with Crippen LogP contribution in [0.1, 0.15) is 32.6 Å². The van der Waals surface area contributed by atoms with Gasteiger partial charge in [0.15, 0.2) is 0 Å². The molecule has 0 amide bonds. The molecule has 0 aliphatic rings. The van der Waals surface area contributed by atoms with Crippen LogP contribution < -0.4 is 0 Å². The van der Waals surface area contributed by atoms with Gasteiger partial charge in [-0.3, -0.25) is 4.99 Å². The third kappa shape index (κ3) is 7.28. The third-order valence-corrected chi connectivity index (χ3v) is 2.73. The van der Waals surface area contributed by atoms with Crippen LogP contribution in [-0.4, -0.2) is 22.5 Å². The van der Waals surface area contributed by atoms with E-state index in [9.17, 15) is 10.1 Å². The smallest absolute Gasteiger partial charge is 0.294 e. The summed E-state index contributed by atoms with van der Waals surface area (Å²) in [6, 6.07) is 0. The summed E-state index contributed by atoms with van der Waals surface area (Å²) in [5.74, 6) is 0. The van der Waals surface area contributed by atoms with Gasteiger partial charge >= 0.3 is 0 Å². The summed E-state index contributed by atoms with van der Waals surface area (Å²) in [5, 5.41) is 10.4. The van der Waals surface area contributed by atoms with Crippen molar-refractivity contribution in [2.45, 2.75) is 38.7 Å². The summed E-state index contributed by atoms with van der Waals surface area (Å²) in [4.78, 5) is 19.0. The van der Waals surface area contributed by atoms with E-state index in [0.29, 0.717) is 12.8 Å². The normalized spacial score (nSPS) is 13.2. The molecule has 16 heavy (non-hydrogen) atoms. The van der Waals surface area contributed by atoms with E-state index in [0.717, 1.165) is 17.9 Å². The summed E-state index contributed by atoms with van der Waals surface area (Å²) in [5.41, 5.74) is 0. The van der Waals surface area contributed by atoms with Gasteiger partial charge in [0.1, 0.15) is 6.10 Å². The number of hydrogen-bond acceptors (Lipinski definition) is 5. The van der Waals surface area contributed by atoms with Crippen LogP contribution >= 0.6 is 11.8 Å². The Morgan fingerprint density at radius 2 is 2.44 bits per heavy atom. The summed E-state index contributed by atoms with van der Waals surface area (Å²) in [6.07, 6.45) is 5.96. The number of aliphatic imine (C=N–C) groups is 1. The second kappa shape index (κ2) is 9.21. The molecular formula is C10H18N2O3S. The summed E-state index contributed by atoms with van der Waals surface area (Å²) in [7, 11) is 0. The lowest BCUT2D eigenvalue weighted by Crippen LogP contribution is -2.20. The quantitative estimate of drug-likeness (QED) is 0.286. The van der Waals surface area contributed by atoms with Crippen LogP contribution in [0.2, 0.25) is 0 Å². The molecule has 6 heteroatoms. The minimum absolute atomic E-state index is 0.402. The van der Waals surface area contributed by atoms with Gasteiger partial charge in [0, 0.05) is 12.6 Å². The Morgan fingerprint density at radius 1 is 1.75 bits per heavy atom. The molecule has 0 bridgehead atoms. The molecule has 0 heterocycles. The first-order valence-corrected chi connectivity index (χ1v) is 6.39. The van der Waals surface area contributed by atoms with E-state index in [1.807, 2.05) is 13.2 Å². The molecule has 0 aromatic rings. The molecule has 92 valence electrons. The van der Waals surface area contributed by atoms with Crippen molar-refractivity contribution in [3.63, 3.8) is 0 Å². The van der Waals surface area contributed by atoms with Crippen molar-refractivity contribution in [1.82, 2.24) is 0 Å². The van der Waals surface area contributed by atoms with Gasteiger partial charge in [0.25, 0.3) is 5.09 Å². The Kier molecular flexibility index (Phi) is 8.61. The highest BCUT2D eigenvalue weighted by atomic mass is 32.2. The van der Waals surface area contributed by atoms with Crippen molar-refractivity contribution >= 4 is 16.8 Å². The average Bonchev–Trinajstić information content (AvgIpc) is 2.24. The Labute approximate surface area is 100 Å². The molecule has 0 aliphatic heterocycles. The largest absolute Gasteiger partial charge is 0.310 e. The van der Waals surface area contributed by atoms with Gasteiger partial charge in [0.2, 0.25) is 0 Å². The van der Waals surface area contributed by atoms with Crippen molar-refractivity contribution in [1.29, 1.82) is 0 Å². The molecule has 0 aromatic carbocycles. The molecule has 0 fully saturated rings. The maximum Gasteiger partial charge on any atom is 0.294 e. The van der Waals surface area contributed by atoms with E-state index in [-0.39, 0.29) is 0 Å². The number of thioether (sulfide) groups is 1. The highest BCUT2D eigenvalue weighted by molar-refractivity contribution is 8.13. The third-order valence-electron chi connectivity index (χ3n) is 1.99. The van der Waals surface area contributed by atoms with Crippen molar-refractivity contribution in [2.75, 3.05) is 6.26 Å². The number of hydrogen-bond donors (Lipinski definition) is 0. The zero-order chi connectivity index (χ0) is 12.4. The SMILES string of the molecule is C=CN=C(CC(CCCC)O[N+](=O)[O-])SC. The van der Waals surface area contributed by atoms with Gasteiger partial charge in [-0.15, -0.1) is 21.9 Å². The minimum Gasteiger partial charge on any atom is -0.310 e. The lowest BCUT2D eigenvalue weighted by Gasteiger charge is -2.14. The Hall–Kier alpha value is -1.04. The van der Waals surface area contributed by atoms with Gasteiger partial charge in [-0.25, -0.2) is 0 Å². The van der Waals surface area contributed by atoms with Gasteiger partial charge in [-0.05, 0) is 12.7 Å².